The Morgan fingerprint density at radius 2 is 2.21 bits per heavy atom. The van der Waals surface area contributed by atoms with Gasteiger partial charge < -0.3 is 9.84 Å². The Hall–Kier alpha value is -1.51. The first kappa shape index (κ1) is 10.6. The summed E-state index contributed by atoms with van der Waals surface area (Å²) in [6.07, 6.45) is 0.913. The maximum absolute atomic E-state index is 10.7. The van der Waals surface area contributed by atoms with Gasteiger partial charge in [-0.2, -0.15) is 0 Å². The van der Waals surface area contributed by atoms with Crippen LogP contribution in [0.4, 0.5) is 0 Å². The molecule has 0 amide bonds. The summed E-state index contributed by atoms with van der Waals surface area (Å²) >= 11 is 0. The van der Waals surface area contributed by atoms with Gasteiger partial charge in [0.05, 0.1) is 12.2 Å². The lowest BCUT2D eigenvalue weighted by Crippen LogP contribution is -2.01. The third kappa shape index (κ3) is 2.49. The number of benzene rings is 1. The SMILES string of the molecule is CCCOc1cc(C(=O)O)ccc1C. The molecule has 0 aliphatic heterocycles. The molecule has 0 aliphatic carbocycles. The number of aryl methyl sites for hydroxylation is 1. The van der Waals surface area contributed by atoms with Gasteiger partial charge in [-0.15, -0.1) is 0 Å². The van der Waals surface area contributed by atoms with E-state index >= 15 is 0 Å². The Labute approximate surface area is 83.3 Å². The monoisotopic (exact) mass is 194 g/mol. The number of carboxylic acids is 1. The molecule has 3 nitrogen and oxygen atoms in total. The van der Waals surface area contributed by atoms with Gasteiger partial charge in [0.15, 0.2) is 0 Å². The first-order chi connectivity index (χ1) is 6.65. The maximum atomic E-state index is 10.7. The van der Waals surface area contributed by atoms with Crippen LogP contribution in [0, 0.1) is 6.92 Å². The number of ether oxygens (including phenoxy) is 1. The number of hydrogen-bond donors (Lipinski definition) is 1. The molecule has 0 aliphatic rings. The standard InChI is InChI=1S/C11H14O3/c1-3-6-14-10-7-9(11(12)13)5-4-8(10)2/h4-5,7H,3,6H2,1-2H3,(H,12,13). The van der Waals surface area contributed by atoms with Crippen LogP contribution < -0.4 is 4.74 Å². The molecule has 0 unspecified atom stereocenters. The van der Waals surface area contributed by atoms with Crippen molar-refractivity contribution in [1.82, 2.24) is 0 Å². The fourth-order valence-electron chi connectivity index (χ4n) is 1.10. The summed E-state index contributed by atoms with van der Waals surface area (Å²) < 4.78 is 5.41. The van der Waals surface area contributed by atoms with Crippen molar-refractivity contribution in [2.45, 2.75) is 20.3 Å². The predicted octanol–water partition coefficient (Wildman–Crippen LogP) is 2.48. The molecule has 14 heavy (non-hydrogen) atoms. The number of rotatable bonds is 4. The lowest BCUT2D eigenvalue weighted by molar-refractivity contribution is 0.0696. The average molecular weight is 194 g/mol. The number of hydrogen-bond acceptors (Lipinski definition) is 2. The molecule has 0 bridgehead atoms. The molecule has 0 saturated heterocycles. The lowest BCUT2D eigenvalue weighted by atomic mass is 10.1. The van der Waals surface area contributed by atoms with Crippen molar-refractivity contribution in [2.75, 3.05) is 6.61 Å². The van der Waals surface area contributed by atoms with Gasteiger partial charge in [-0.05, 0) is 31.0 Å². The lowest BCUT2D eigenvalue weighted by Gasteiger charge is -2.08. The van der Waals surface area contributed by atoms with E-state index in [0.717, 1.165) is 12.0 Å². The highest BCUT2D eigenvalue weighted by atomic mass is 16.5. The van der Waals surface area contributed by atoms with Crippen LogP contribution in [0.25, 0.3) is 0 Å². The van der Waals surface area contributed by atoms with Crippen LogP contribution in [0.5, 0.6) is 5.75 Å². The van der Waals surface area contributed by atoms with E-state index in [1.54, 1.807) is 18.2 Å². The molecule has 1 aromatic rings. The van der Waals surface area contributed by atoms with Gasteiger partial charge in [0.1, 0.15) is 5.75 Å². The van der Waals surface area contributed by atoms with Gasteiger partial charge in [-0.1, -0.05) is 13.0 Å². The zero-order chi connectivity index (χ0) is 10.6. The minimum Gasteiger partial charge on any atom is -0.493 e. The Balaban J connectivity index is 2.90. The second-order valence-electron chi connectivity index (χ2n) is 3.13. The molecule has 1 N–H and O–H groups in total. The summed E-state index contributed by atoms with van der Waals surface area (Å²) in [7, 11) is 0. The summed E-state index contributed by atoms with van der Waals surface area (Å²) in [5.41, 5.74) is 1.23. The van der Waals surface area contributed by atoms with Crippen LogP contribution in [0.2, 0.25) is 0 Å². The number of aromatic carboxylic acids is 1. The van der Waals surface area contributed by atoms with Crippen molar-refractivity contribution in [3.63, 3.8) is 0 Å². The summed E-state index contributed by atoms with van der Waals surface area (Å²) in [4.78, 5) is 10.7. The van der Waals surface area contributed by atoms with Crippen molar-refractivity contribution in [3.8, 4) is 5.75 Å². The van der Waals surface area contributed by atoms with Crippen LogP contribution in [-0.2, 0) is 0 Å². The molecule has 76 valence electrons. The first-order valence-corrected chi connectivity index (χ1v) is 4.62. The molecule has 0 atom stereocenters. The Bertz CT molecular complexity index is 331. The van der Waals surface area contributed by atoms with Gasteiger partial charge in [0.25, 0.3) is 0 Å². The fraction of sp³-hybridized carbons (Fsp3) is 0.364. The predicted molar refractivity (Wildman–Crippen MR) is 53.9 cm³/mol. The Kier molecular flexibility index (Phi) is 3.51. The van der Waals surface area contributed by atoms with Gasteiger partial charge >= 0.3 is 5.97 Å². The molecule has 1 rings (SSSR count). The van der Waals surface area contributed by atoms with Crippen LogP contribution in [-0.4, -0.2) is 17.7 Å². The van der Waals surface area contributed by atoms with E-state index in [4.69, 9.17) is 9.84 Å². The van der Waals surface area contributed by atoms with E-state index in [0.29, 0.717) is 12.4 Å². The van der Waals surface area contributed by atoms with Crippen molar-refractivity contribution < 1.29 is 14.6 Å². The topological polar surface area (TPSA) is 46.5 Å². The summed E-state index contributed by atoms with van der Waals surface area (Å²) in [6, 6.07) is 4.90. The highest BCUT2D eigenvalue weighted by Gasteiger charge is 2.06. The van der Waals surface area contributed by atoms with Crippen molar-refractivity contribution in [1.29, 1.82) is 0 Å². The third-order valence-electron chi connectivity index (χ3n) is 1.90. The molecule has 0 radical (unpaired) electrons. The van der Waals surface area contributed by atoms with E-state index in [2.05, 4.69) is 0 Å². The third-order valence-corrected chi connectivity index (χ3v) is 1.90. The zero-order valence-electron chi connectivity index (χ0n) is 8.41. The highest BCUT2D eigenvalue weighted by molar-refractivity contribution is 5.88. The van der Waals surface area contributed by atoms with Gasteiger partial charge in [-0.25, -0.2) is 4.79 Å². The van der Waals surface area contributed by atoms with Crippen LogP contribution >= 0.6 is 0 Å². The van der Waals surface area contributed by atoms with E-state index in [9.17, 15) is 4.79 Å². The smallest absolute Gasteiger partial charge is 0.335 e. The largest absolute Gasteiger partial charge is 0.493 e. The van der Waals surface area contributed by atoms with Gasteiger partial charge in [-0.3, -0.25) is 0 Å². The van der Waals surface area contributed by atoms with Crippen LogP contribution in [0.3, 0.4) is 0 Å². The van der Waals surface area contributed by atoms with Gasteiger partial charge in [0.2, 0.25) is 0 Å². The molecular formula is C11H14O3. The van der Waals surface area contributed by atoms with E-state index in [-0.39, 0.29) is 5.56 Å². The fourth-order valence-corrected chi connectivity index (χ4v) is 1.10. The van der Waals surface area contributed by atoms with E-state index in [1.807, 2.05) is 13.8 Å². The Morgan fingerprint density at radius 1 is 1.50 bits per heavy atom. The van der Waals surface area contributed by atoms with Crippen molar-refractivity contribution in [2.24, 2.45) is 0 Å². The molecule has 0 heterocycles. The molecular weight excluding hydrogens is 180 g/mol. The highest BCUT2D eigenvalue weighted by Crippen LogP contribution is 2.19. The quantitative estimate of drug-likeness (QED) is 0.800. The minimum atomic E-state index is -0.925. The molecule has 1 aromatic carbocycles. The molecule has 0 spiro atoms. The molecule has 0 fully saturated rings. The number of carboxylic acid groups (broad SMARTS) is 1. The maximum Gasteiger partial charge on any atom is 0.335 e. The normalized spacial score (nSPS) is 9.86. The van der Waals surface area contributed by atoms with Crippen LogP contribution in [0.15, 0.2) is 18.2 Å². The summed E-state index contributed by atoms with van der Waals surface area (Å²) in [5, 5.41) is 8.77. The average Bonchev–Trinajstić information content (AvgIpc) is 2.16. The van der Waals surface area contributed by atoms with Crippen LogP contribution in [0.1, 0.15) is 29.3 Å². The van der Waals surface area contributed by atoms with Gasteiger partial charge in [0, 0.05) is 0 Å². The number of carbonyl (C=O) groups is 1. The van der Waals surface area contributed by atoms with Crippen molar-refractivity contribution in [3.05, 3.63) is 29.3 Å². The first-order valence-electron chi connectivity index (χ1n) is 4.62. The van der Waals surface area contributed by atoms with Crippen molar-refractivity contribution >= 4 is 5.97 Å². The van der Waals surface area contributed by atoms with E-state index in [1.165, 1.54) is 0 Å². The summed E-state index contributed by atoms with van der Waals surface area (Å²) in [6.45, 7) is 4.52. The Morgan fingerprint density at radius 3 is 2.79 bits per heavy atom. The minimum absolute atomic E-state index is 0.265. The summed E-state index contributed by atoms with van der Waals surface area (Å²) in [5.74, 6) is -0.266. The molecule has 0 saturated carbocycles. The second kappa shape index (κ2) is 4.65. The zero-order valence-corrected chi connectivity index (χ0v) is 8.41. The second-order valence-corrected chi connectivity index (χ2v) is 3.13. The molecule has 3 heteroatoms. The van der Waals surface area contributed by atoms with E-state index < -0.39 is 5.97 Å². The molecule has 0 aromatic heterocycles.